The number of nitrogens with zero attached hydrogens (tertiary/aromatic N) is 3. The lowest BCUT2D eigenvalue weighted by molar-refractivity contribution is -0.123. The van der Waals surface area contributed by atoms with Crippen LogP contribution in [0.1, 0.15) is 28.1 Å². The first kappa shape index (κ1) is 27.9. The summed E-state index contributed by atoms with van der Waals surface area (Å²) < 4.78 is 8.58. The molecule has 0 saturated carbocycles. The summed E-state index contributed by atoms with van der Waals surface area (Å²) >= 11 is 3.49. The summed E-state index contributed by atoms with van der Waals surface area (Å²) in [5, 5.41) is 7.95. The number of hydrazone groups is 1. The van der Waals surface area contributed by atoms with Gasteiger partial charge in [-0.15, -0.1) is 0 Å². The first-order chi connectivity index (χ1) is 20.0. The van der Waals surface area contributed by atoms with Crippen LogP contribution in [0.2, 0.25) is 0 Å². The highest BCUT2D eigenvalue weighted by Crippen LogP contribution is 2.26. The maximum atomic E-state index is 13.2. The van der Waals surface area contributed by atoms with Crippen molar-refractivity contribution in [3.63, 3.8) is 0 Å². The fraction of sp³-hybridized carbons (Fsp3) is 0.161. The van der Waals surface area contributed by atoms with Crippen LogP contribution in [0, 0.1) is 6.92 Å². The summed E-state index contributed by atoms with van der Waals surface area (Å²) in [7, 11) is 0. The molecule has 0 saturated heterocycles. The summed E-state index contributed by atoms with van der Waals surface area (Å²) in [6.07, 6.45) is 4.25. The maximum absolute atomic E-state index is 13.2. The molecule has 5 aromatic rings. The van der Waals surface area contributed by atoms with E-state index in [0.717, 1.165) is 32.2 Å². The van der Waals surface area contributed by atoms with E-state index in [2.05, 4.69) is 64.5 Å². The van der Waals surface area contributed by atoms with Crippen molar-refractivity contribution in [2.24, 2.45) is 5.10 Å². The number of hydrogen-bond donors (Lipinski definition) is 3. The molecule has 10 heteroatoms. The zero-order chi connectivity index (χ0) is 28.6. The quantitative estimate of drug-likeness (QED) is 0.143. The van der Waals surface area contributed by atoms with E-state index in [1.54, 1.807) is 12.4 Å². The number of aromatic amines is 1. The van der Waals surface area contributed by atoms with Crippen molar-refractivity contribution in [1.82, 2.24) is 25.3 Å². The molecule has 0 bridgehead atoms. The van der Waals surface area contributed by atoms with Gasteiger partial charge in [-0.2, -0.15) is 5.10 Å². The number of rotatable bonds is 10. The van der Waals surface area contributed by atoms with E-state index in [0.29, 0.717) is 12.2 Å². The minimum absolute atomic E-state index is 0.0901. The van der Waals surface area contributed by atoms with Gasteiger partial charge in [-0.25, -0.2) is 15.2 Å². The van der Waals surface area contributed by atoms with Crippen LogP contribution in [0.15, 0.2) is 101 Å². The first-order valence-corrected chi connectivity index (χ1v) is 13.9. The predicted octanol–water partition coefficient (Wildman–Crippen LogP) is 5.47. The van der Waals surface area contributed by atoms with Crippen LogP contribution in [-0.4, -0.2) is 38.8 Å². The van der Waals surface area contributed by atoms with Crippen molar-refractivity contribution in [2.45, 2.75) is 32.5 Å². The third kappa shape index (κ3) is 7.09. The van der Waals surface area contributed by atoms with Crippen LogP contribution >= 0.6 is 15.9 Å². The number of halogens is 1. The molecule has 0 aliphatic carbocycles. The summed E-state index contributed by atoms with van der Waals surface area (Å²) in [6.45, 7) is 2.82. The van der Waals surface area contributed by atoms with E-state index in [4.69, 9.17) is 4.74 Å². The van der Waals surface area contributed by atoms with E-state index < -0.39 is 18.0 Å². The van der Waals surface area contributed by atoms with Gasteiger partial charge in [0.05, 0.1) is 12.5 Å². The molecule has 0 aliphatic rings. The zero-order valence-corrected chi connectivity index (χ0v) is 24.0. The monoisotopic (exact) mass is 612 g/mol. The molecule has 41 heavy (non-hydrogen) atoms. The van der Waals surface area contributed by atoms with E-state index >= 15 is 0 Å². The number of ether oxygens (including phenoxy) is 1. The SMILES string of the molecule is Cc1c(/C=N\NC(=O)[C@@H](Cc2cnc[nH]2)NC(=O)OCc2ccccc2)c2ccccc2n1Cc1ccc(Br)cc1. The number of benzene rings is 3. The molecule has 208 valence electrons. The van der Waals surface area contributed by atoms with Crippen LogP contribution < -0.4 is 10.7 Å². The molecule has 3 aromatic carbocycles. The second-order valence-electron chi connectivity index (χ2n) is 9.50. The van der Waals surface area contributed by atoms with Crippen LogP contribution in [-0.2, 0) is 29.1 Å². The molecule has 0 radical (unpaired) electrons. The van der Waals surface area contributed by atoms with Gasteiger partial charge >= 0.3 is 6.09 Å². The number of aromatic nitrogens is 3. The number of carbonyl (C=O) groups excluding carboxylic acids is 2. The summed E-state index contributed by atoms with van der Waals surface area (Å²) in [5.41, 5.74) is 8.28. The minimum Gasteiger partial charge on any atom is -0.445 e. The Morgan fingerprint density at radius 2 is 1.80 bits per heavy atom. The van der Waals surface area contributed by atoms with Gasteiger partial charge in [0.1, 0.15) is 12.6 Å². The van der Waals surface area contributed by atoms with Crippen LogP contribution in [0.5, 0.6) is 0 Å². The van der Waals surface area contributed by atoms with Crippen molar-refractivity contribution >= 4 is 45.0 Å². The van der Waals surface area contributed by atoms with Gasteiger partial charge in [0.25, 0.3) is 5.91 Å². The van der Waals surface area contributed by atoms with E-state index in [1.807, 2.05) is 67.6 Å². The molecule has 3 N–H and O–H groups in total. The van der Waals surface area contributed by atoms with Gasteiger partial charge in [0.15, 0.2) is 0 Å². The minimum atomic E-state index is -0.935. The van der Waals surface area contributed by atoms with Gasteiger partial charge in [-0.3, -0.25) is 4.79 Å². The highest BCUT2D eigenvalue weighted by Gasteiger charge is 2.23. The van der Waals surface area contributed by atoms with Gasteiger partial charge in [0.2, 0.25) is 0 Å². The smallest absolute Gasteiger partial charge is 0.408 e. The second kappa shape index (κ2) is 13.1. The third-order valence-corrected chi connectivity index (χ3v) is 7.23. The Bertz CT molecular complexity index is 1650. The zero-order valence-electron chi connectivity index (χ0n) is 22.4. The normalized spacial score (nSPS) is 12.0. The molecule has 2 heterocycles. The first-order valence-electron chi connectivity index (χ1n) is 13.1. The average Bonchev–Trinajstić information content (AvgIpc) is 3.60. The summed E-state index contributed by atoms with van der Waals surface area (Å²) in [5.74, 6) is -0.483. The number of carbonyl (C=O) groups is 2. The lowest BCUT2D eigenvalue weighted by Crippen LogP contribution is -2.47. The van der Waals surface area contributed by atoms with E-state index in [9.17, 15) is 9.59 Å². The number of alkyl carbamates (subject to hydrolysis) is 1. The van der Waals surface area contributed by atoms with E-state index in [-0.39, 0.29) is 13.0 Å². The molecule has 0 aliphatic heterocycles. The Kier molecular flexibility index (Phi) is 8.90. The highest BCUT2D eigenvalue weighted by atomic mass is 79.9. The fourth-order valence-corrected chi connectivity index (χ4v) is 4.83. The topological polar surface area (TPSA) is 113 Å². The van der Waals surface area contributed by atoms with Crippen molar-refractivity contribution in [3.8, 4) is 0 Å². The van der Waals surface area contributed by atoms with Crippen LogP contribution in [0.4, 0.5) is 4.79 Å². The Morgan fingerprint density at radius 1 is 1.05 bits per heavy atom. The lowest BCUT2D eigenvalue weighted by atomic mass is 10.1. The molecule has 0 spiro atoms. The second-order valence-corrected chi connectivity index (χ2v) is 10.4. The molecular formula is C31H29BrN6O3. The van der Waals surface area contributed by atoms with E-state index in [1.165, 1.54) is 11.9 Å². The molecule has 2 amide bonds. The van der Waals surface area contributed by atoms with Crippen LogP contribution in [0.3, 0.4) is 0 Å². The van der Waals surface area contributed by atoms with Gasteiger partial charge in [-0.1, -0.05) is 76.6 Å². The number of para-hydroxylation sites is 1. The summed E-state index contributed by atoms with van der Waals surface area (Å²) in [6, 6.07) is 24.7. The van der Waals surface area contributed by atoms with Gasteiger partial charge < -0.3 is 19.6 Å². The number of imidazole rings is 1. The number of hydrogen-bond acceptors (Lipinski definition) is 5. The average molecular weight is 614 g/mol. The fourth-order valence-electron chi connectivity index (χ4n) is 4.57. The van der Waals surface area contributed by atoms with Crippen LogP contribution in [0.25, 0.3) is 10.9 Å². The standard InChI is InChI=1S/C31H29BrN6O3/c1-21-27(26-9-5-6-10-29(26)38(21)18-22-11-13-24(32)14-12-22)17-35-37-30(39)28(15-25-16-33-20-34-25)36-31(40)41-19-23-7-3-2-4-8-23/h2-14,16-17,20,28H,15,18-19H2,1H3,(H,33,34)(H,36,40)(H,37,39)/b35-17-/t28-/m1/s1. The Labute approximate surface area is 245 Å². The number of fused-ring (bicyclic) bond motifs is 1. The third-order valence-electron chi connectivity index (χ3n) is 6.70. The molecule has 5 rings (SSSR count). The van der Waals surface area contributed by atoms with Crippen molar-refractivity contribution in [3.05, 3.63) is 124 Å². The van der Waals surface area contributed by atoms with Crippen molar-refractivity contribution < 1.29 is 14.3 Å². The van der Waals surface area contributed by atoms with Crippen molar-refractivity contribution in [1.29, 1.82) is 0 Å². The maximum Gasteiger partial charge on any atom is 0.408 e. The molecule has 1 atom stereocenters. The number of nitrogens with one attached hydrogen (secondary N) is 3. The molecule has 2 aromatic heterocycles. The number of amides is 2. The molecule has 0 fully saturated rings. The molecule has 9 nitrogen and oxygen atoms in total. The highest BCUT2D eigenvalue weighted by molar-refractivity contribution is 9.10. The Morgan fingerprint density at radius 3 is 2.56 bits per heavy atom. The van der Waals surface area contributed by atoms with Gasteiger partial charge in [-0.05, 0) is 36.2 Å². The Balaban J connectivity index is 1.30. The van der Waals surface area contributed by atoms with Crippen molar-refractivity contribution in [2.75, 3.05) is 0 Å². The number of H-pyrrole nitrogens is 1. The molecular weight excluding hydrogens is 584 g/mol. The molecule has 0 unspecified atom stereocenters. The Hall–Kier alpha value is -4.70. The lowest BCUT2D eigenvalue weighted by Gasteiger charge is -2.16. The summed E-state index contributed by atoms with van der Waals surface area (Å²) in [4.78, 5) is 32.7. The largest absolute Gasteiger partial charge is 0.445 e. The predicted molar refractivity (Wildman–Crippen MR) is 161 cm³/mol. The van der Waals surface area contributed by atoms with Gasteiger partial charge in [0, 0.05) is 51.5 Å².